The molecule has 0 bridgehead atoms. The van der Waals surface area contributed by atoms with E-state index < -0.39 is 17.7 Å². The zero-order chi connectivity index (χ0) is 15.2. The lowest BCUT2D eigenvalue weighted by atomic mass is 10.1. The van der Waals surface area contributed by atoms with Gasteiger partial charge < -0.3 is 4.74 Å². The van der Waals surface area contributed by atoms with Crippen LogP contribution in [-0.2, 0) is 6.42 Å². The van der Waals surface area contributed by atoms with E-state index in [-0.39, 0.29) is 18.6 Å². The average Bonchev–Trinajstić information content (AvgIpc) is 2.46. The minimum absolute atomic E-state index is 0.0184. The molecule has 2 aromatic carbocycles. The zero-order valence-corrected chi connectivity index (χ0v) is 11.9. The summed E-state index contributed by atoms with van der Waals surface area (Å²) in [5, 5.41) is 0.546. The van der Waals surface area contributed by atoms with Gasteiger partial charge in [0.1, 0.15) is 24.0 Å². The molecule has 0 saturated carbocycles. The van der Waals surface area contributed by atoms with E-state index in [4.69, 9.17) is 22.2 Å². The molecule has 1 unspecified atom stereocenters. The smallest absolute Gasteiger partial charge is 0.129 e. The molecular weight excluding hydrogens is 298 g/mol. The highest BCUT2D eigenvalue weighted by molar-refractivity contribution is 6.30. The molecule has 0 saturated heterocycles. The average molecular weight is 313 g/mol. The Morgan fingerprint density at radius 3 is 2.43 bits per heavy atom. The molecule has 0 spiro atoms. The van der Waals surface area contributed by atoms with Crippen LogP contribution in [0.3, 0.4) is 0 Å². The Morgan fingerprint density at radius 2 is 1.81 bits per heavy atom. The Morgan fingerprint density at radius 1 is 1.14 bits per heavy atom. The Balaban J connectivity index is 2.00. The van der Waals surface area contributed by atoms with Crippen LogP contribution in [0.1, 0.15) is 5.56 Å². The number of hydrogen-bond acceptors (Lipinski definition) is 3. The van der Waals surface area contributed by atoms with Gasteiger partial charge in [0.2, 0.25) is 0 Å². The first-order valence-corrected chi connectivity index (χ1v) is 6.75. The number of halogens is 3. The van der Waals surface area contributed by atoms with Crippen molar-refractivity contribution in [3.8, 4) is 5.75 Å². The Labute approximate surface area is 126 Å². The van der Waals surface area contributed by atoms with E-state index in [2.05, 4.69) is 5.43 Å². The molecule has 0 aromatic heterocycles. The Kier molecular flexibility index (Phi) is 5.50. The second-order valence-electron chi connectivity index (χ2n) is 4.54. The highest BCUT2D eigenvalue weighted by Crippen LogP contribution is 2.18. The lowest BCUT2D eigenvalue weighted by Crippen LogP contribution is -2.41. The fraction of sp³-hybridized carbons (Fsp3) is 0.200. The van der Waals surface area contributed by atoms with Gasteiger partial charge in [-0.2, -0.15) is 0 Å². The predicted molar refractivity (Wildman–Crippen MR) is 78.1 cm³/mol. The maximum Gasteiger partial charge on any atom is 0.129 e. The molecule has 2 aromatic rings. The first-order chi connectivity index (χ1) is 10.1. The minimum Gasteiger partial charge on any atom is -0.492 e. The molecule has 0 heterocycles. The minimum atomic E-state index is -0.599. The maximum absolute atomic E-state index is 13.6. The third kappa shape index (κ3) is 4.39. The number of hydrogen-bond donors (Lipinski definition) is 2. The van der Waals surface area contributed by atoms with Gasteiger partial charge in [0.25, 0.3) is 0 Å². The van der Waals surface area contributed by atoms with Crippen molar-refractivity contribution in [2.45, 2.75) is 12.5 Å². The maximum atomic E-state index is 13.6. The van der Waals surface area contributed by atoms with Crippen molar-refractivity contribution < 1.29 is 13.5 Å². The van der Waals surface area contributed by atoms with Crippen molar-refractivity contribution in [2.24, 2.45) is 5.84 Å². The van der Waals surface area contributed by atoms with Gasteiger partial charge in [-0.1, -0.05) is 23.7 Å². The number of hydrazine groups is 1. The fourth-order valence-corrected chi connectivity index (χ4v) is 2.07. The van der Waals surface area contributed by atoms with Crippen LogP contribution in [0.5, 0.6) is 5.75 Å². The largest absolute Gasteiger partial charge is 0.492 e. The summed E-state index contributed by atoms with van der Waals surface area (Å²) in [5.74, 6) is 4.78. The van der Waals surface area contributed by atoms with Crippen LogP contribution in [0.25, 0.3) is 0 Å². The molecular formula is C15H15ClF2N2O. The Hall–Kier alpha value is -1.69. The van der Waals surface area contributed by atoms with E-state index >= 15 is 0 Å². The molecule has 1 atom stereocenters. The van der Waals surface area contributed by atoms with Crippen molar-refractivity contribution >= 4 is 11.6 Å². The van der Waals surface area contributed by atoms with Gasteiger partial charge in [0, 0.05) is 10.6 Å². The van der Waals surface area contributed by atoms with Gasteiger partial charge >= 0.3 is 0 Å². The van der Waals surface area contributed by atoms with Crippen molar-refractivity contribution in [1.29, 1.82) is 0 Å². The molecule has 3 N–H and O–H groups in total. The molecule has 0 fully saturated rings. The van der Waals surface area contributed by atoms with Gasteiger partial charge in [-0.15, -0.1) is 0 Å². The van der Waals surface area contributed by atoms with E-state index in [9.17, 15) is 8.78 Å². The molecule has 0 radical (unpaired) electrons. The topological polar surface area (TPSA) is 47.3 Å². The summed E-state index contributed by atoms with van der Waals surface area (Å²) in [5.41, 5.74) is 2.48. The molecule has 0 aliphatic rings. The van der Waals surface area contributed by atoms with Crippen molar-refractivity contribution in [1.82, 2.24) is 5.43 Å². The third-order valence-electron chi connectivity index (χ3n) is 3.00. The number of nitrogens with two attached hydrogens (primary N) is 1. The van der Waals surface area contributed by atoms with Crippen LogP contribution < -0.4 is 16.0 Å². The van der Waals surface area contributed by atoms with E-state index in [1.807, 2.05) is 0 Å². The lowest BCUT2D eigenvalue weighted by molar-refractivity contribution is 0.262. The predicted octanol–water partition coefficient (Wildman–Crippen LogP) is 3.07. The van der Waals surface area contributed by atoms with Crippen LogP contribution in [0.15, 0.2) is 42.5 Å². The van der Waals surface area contributed by atoms with Gasteiger partial charge in [-0.05, 0) is 36.8 Å². The molecule has 0 aliphatic carbocycles. The normalized spacial score (nSPS) is 12.2. The third-order valence-corrected chi connectivity index (χ3v) is 3.23. The highest BCUT2D eigenvalue weighted by atomic mass is 35.5. The van der Waals surface area contributed by atoms with Crippen LogP contribution in [-0.4, -0.2) is 12.6 Å². The van der Waals surface area contributed by atoms with Crippen molar-refractivity contribution in [3.63, 3.8) is 0 Å². The molecule has 0 amide bonds. The standard InChI is InChI=1S/C15H15ClF2N2O/c16-10-3-1-4-12(7-10)21-9-11(20-19)8-13-14(17)5-2-6-15(13)18/h1-7,11,20H,8-9,19H2. The SMILES string of the molecule is NNC(COc1cccc(Cl)c1)Cc1c(F)cccc1F. The second kappa shape index (κ2) is 7.36. The van der Waals surface area contributed by atoms with Gasteiger partial charge in [-0.25, -0.2) is 8.78 Å². The van der Waals surface area contributed by atoms with E-state index in [0.29, 0.717) is 10.8 Å². The summed E-state index contributed by atoms with van der Waals surface area (Å²) in [6, 6.07) is 10.2. The number of rotatable bonds is 6. The van der Waals surface area contributed by atoms with Crippen molar-refractivity contribution in [2.75, 3.05) is 6.61 Å². The number of nitrogens with one attached hydrogen (secondary N) is 1. The molecule has 6 heteroatoms. The van der Waals surface area contributed by atoms with Gasteiger partial charge in [0.05, 0.1) is 6.04 Å². The van der Waals surface area contributed by atoms with Gasteiger partial charge in [0.15, 0.2) is 0 Å². The summed E-state index contributed by atoms with van der Waals surface area (Å²) in [6.45, 7) is 0.157. The molecule has 112 valence electrons. The summed E-state index contributed by atoms with van der Waals surface area (Å²) < 4.78 is 32.7. The van der Waals surface area contributed by atoms with E-state index in [1.165, 1.54) is 18.2 Å². The van der Waals surface area contributed by atoms with Crippen LogP contribution in [0, 0.1) is 11.6 Å². The molecule has 21 heavy (non-hydrogen) atoms. The summed E-state index contributed by atoms with van der Waals surface area (Å²) in [4.78, 5) is 0. The van der Waals surface area contributed by atoms with E-state index in [0.717, 1.165) is 0 Å². The van der Waals surface area contributed by atoms with Crippen LogP contribution in [0.4, 0.5) is 8.78 Å². The summed E-state index contributed by atoms with van der Waals surface area (Å²) in [7, 11) is 0. The Bertz CT molecular complexity index is 590. The first kappa shape index (κ1) is 15.7. The lowest BCUT2D eigenvalue weighted by Gasteiger charge is -2.17. The van der Waals surface area contributed by atoms with Crippen LogP contribution >= 0.6 is 11.6 Å². The summed E-state index contributed by atoms with van der Waals surface area (Å²) >= 11 is 5.85. The molecule has 0 aliphatic heterocycles. The molecule has 2 rings (SSSR count). The quantitative estimate of drug-likeness (QED) is 0.636. The molecule has 3 nitrogen and oxygen atoms in total. The van der Waals surface area contributed by atoms with Crippen LogP contribution in [0.2, 0.25) is 5.02 Å². The zero-order valence-electron chi connectivity index (χ0n) is 11.2. The number of ether oxygens (including phenoxy) is 1. The summed E-state index contributed by atoms with van der Waals surface area (Å²) in [6.07, 6.45) is 0.0789. The van der Waals surface area contributed by atoms with Crippen molar-refractivity contribution in [3.05, 3.63) is 64.7 Å². The first-order valence-electron chi connectivity index (χ1n) is 6.37. The second-order valence-corrected chi connectivity index (χ2v) is 4.97. The highest BCUT2D eigenvalue weighted by Gasteiger charge is 2.15. The van der Waals surface area contributed by atoms with Gasteiger partial charge in [-0.3, -0.25) is 11.3 Å². The fourth-order valence-electron chi connectivity index (χ4n) is 1.89. The number of benzene rings is 2. The van der Waals surface area contributed by atoms with E-state index in [1.54, 1.807) is 24.3 Å². The monoisotopic (exact) mass is 312 g/mol.